The van der Waals surface area contributed by atoms with Crippen LogP contribution in [0.15, 0.2) is 24.4 Å². The van der Waals surface area contributed by atoms with E-state index in [1.807, 2.05) is 17.0 Å². The number of carboxylic acids is 1. The van der Waals surface area contributed by atoms with E-state index < -0.39 is 24.1 Å². The zero-order valence-corrected chi connectivity index (χ0v) is 22.8. The lowest BCUT2D eigenvalue weighted by molar-refractivity contribution is -0.192. The van der Waals surface area contributed by atoms with Crippen molar-refractivity contribution in [1.29, 1.82) is 0 Å². The van der Waals surface area contributed by atoms with Crippen LogP contribution in [0.1, 0.15) is 64.9 Å². The normalized spacial score (nSPS) is 25.3. The Bertz CT molecular complexity index is 1510. The minimum atomic E-state index is -5.08. The first-order valence-electron chi connectivity index (χ1n) is 14.0. The minimum Gasteiger partial charge on any atom is -0.475 e. The number of benzene rings is 1. The van der Waals surface area contributed by atoms with Crippen LogP contribution in [0.5, 0.6) is 0 Å². The van der Waals surface area contributed by atoms with Crippen LogP contribution in [0.25, 0.3) is 5.69 Å². The van der Waals surface area contributed by atoms with Gasteiger partial charge in [-0.3, -0.25) is 29.4 Å². The minimum absolute atomic E-state index is 0.0942. The van der Waals surface area contributed by atoms with E-state index in [2.05, 4.69) is 20.5 Å². The van der Waals surface area contributed by atoms with Gasteiger partial charge in [0, 0.05) is 49.7 Å². The van der Waals surface area contributed by atoms with Gasteiger partial charge in [0.1, 0.15) is 6.04 Å². The van der Waals surface area contributed by atoms with Crippen LogP contribution >= 0.6 is 0 Å². The van der Waals surface area contributed by atoms with Crippen LogP contribution < -0.4 is 5.32 Å². The zero-order chi connectivity index (χ0) is 30.6. The highest BCUT2D eigenvalue weighted by molar-refractivity contribution is 6.05. The largest absolute Gasteiger partial charge is 0.490 e. The predicted molar refractivity (Wildman–Crippen MR) is 139 cm³/mol. The highest BCUT2D eigenvalue weighted by atomic mass is 19.4. The van der Waals surface area contributed by atoms with E-state index in [1.165, 1.54) is 28.8 Å². The monoisotopic (exact) mass is 603 g/mol. The van der Waals surface area contributed by atoms with E-state index in [9.17, 15) is 32.3 Å². The number of aliphatic carboxylic acids is 1. The number of carboxylic acid groups (broad SMARTS) is 1. The van der Waals surface area contributed by atoms with Gasteiger partial charge in [-0.1, -0.05) is 17.7 Å². The second-order valence-electron chi connectivity index (χ2n) is 11.4. The fourth-order valence-corrected chi connectivity index (χ4v) is 6.43. The molecule has 5 heterocycles. The third-order valence-electron chi connectivity index (χ3n) is 8.82. The van der Waals surface area contributed by atoms with Crippen molar-refractivity contribution in [3.8, 4) is 5.69 Å². The van der Waals surface area contributed by atoms with Gasteiger partial charge in [0.2, 0.25) is 11.8 Å². The van der Waals surface area contributed by atoms with Crippen molar-refractivity contribution in [2.45, 2.75) is 75.4 Å². The number of rotatable bonds is 4. The molecule has 2 aromatic rings. The first kappa shape index (κ1) is 28.8. The molecule has 4 amide bonds. The molecule has 1 saturated carbocycles. The summed E-state index contributed by atoms with van der Waals surface area (Å²) in [5, 5.41) is 17.8. The number of amides is 4. The molecule has 7 rings (SSSR count). The first-order valence-corrected chi connectivity index (χ1v) is 14.0. The lowest BCUT2D eigenvalue weighted by atomic mass is 9.91. The van der Waals surface area contributed by atoms with E-state index in [1.54, 1.807) is 12.3 Å². The number of hydrogen-bond donors (Lipinski definition) is 2. The summed E-state index contributed by atoms with van der Waals surface area (Å²) >= 11 is 0. The third-order valence-corrected chi connectivity index (χ3v) is 8.82. The standard InChI is InChI=1S/C25H27N7O4.C2HF3O2/c33-22-7-6-21(23(34)26-22)31-10-14-4-5-16(9-19(14)24(31)35)32-13-20(27-28-32)25(36)30-12-17-8-18(30)11-29(17)15-2-1-3-15;3-2(4,5)1(6)7/h4-5,9,13,15,17-18,21H,1-3,6-8,10-12H2,(H,26,33,34);(H,6,7)/t17-,18-,21?;/m0./s1. The summed E-state index contributed by atoms with van der Waals surface area (Å²) in [6.45, 7) is 2.01. The van der Waals surface area contributed by atoms with Crippen LogP contribution in [0.3, 0.4) is 0 Å². The van der Waals surface area contributed by atoms with Crippen molar-refractivity contribution < 1.29 is 42.3 Å². The van der Waals surface area contributed by atoms with Gasteiger partial charge in [-0.15, -0.1) is 5.10 Å². The van der Waals surface area contributed by atoms with Crippen LogP contribution in [-0.2, 0) is 20.9 Å². The van der Waals surface area contributed by atoms with Crippen molar-refractivity contribution in [3.63, 3.8) is 0 Å². The highest BCUT2D eigenvalue weighted by Crippen LogP contribution is 2.38. The molecule has 16 heteroatoms. The zero-order valence-electron chi connectivity index (χ0n) is 22.8. The van der Waals surface area contributed by atoms with E-state index in [-0.39, 0.29) is 30.2 Å². The van der Waals surface area contributed by atoms with Crippen molar-refractivity contribution in [2.24, 2.45) is 0 Å². The number of imide groups is 1. The van der Waals surface area contributed by atoms with Gasteiger partial charge in [-0.25, -0.2) is 9.48 Å². The SMILES string of the molecule is O=C(O)C(F)(F)F.O=C1CCC(N2Cc3ccc(-n4cc(C(=O)N5C[C@@H]6C[C@H]5CN6C5CCC5)nn4)cc3C2=O)C(=O)N1. The number of carbonyl (C=O) groups is 5. The van der Waals surface area contributed by atoms with E-state index in [4.69, 9.17) is 9.90 Å². The Hall–Kier alpha value is -4.34. The number of aromatic nitrogens is 3. The predicted octanol–water partition coefficient (Wildman–Crippen LogP) is 1.11. The topological polar surface area (TPSA) is 158 Å². The van der Waals surface area contributed by atoms with Gasteiger partial charge in [-0.2, -0.15) is 13.2 Å². The lowest BCUT2D eigenvalue weighted by Crippen LogP contribution is -2.53. The Morgan fingerprint density at radius 3 is 2.37 bits per heavy atom. The molecule has 4 fully saturated rings. The fourth-order valence-electron chi connectivity index (χ4n) is 6.43. The van der Waals surface area contributed by atoms with Gasteiger partial charge in [0.15, 0.2) is 5.69 Å². The number of likely N-dealkylation sites (tertiary alicyclic amines) is 2. The van der Waals surface area contributed by atoms with Crippen molar-refractivity contribution in [1.82, 2.24) is 35.0 Å². The molecule has 0 spiro atoms. The summed E-state index contributed by atoms with van der Waals surface area (Å²) in [6.07, 6.45) is 1.98. The molecule has 0 radical (unpaired) electrons. The maximum Gasteiger partial charge on any atom is 0.490 e. The molecule has 1 aromatic heterocycles. The maximum absolute atomic E-state index is 13.2. The molecule has 4 aliphatic heterocycles. The summed E-state index contributed by atoms with van der Waals surface area (Å²) in [7, 11) is 0. The molecule has 43 heavy (non-hydrogen) atoms. The van der Waals surface area contributed by atoms with Gasteiger partial charge in [0.25, 0.3) is 11.8 Å². The van der Waals surface area contributed by atoms with E-state index in [0.717, 1.165) is 25.1 Å². The molecule has 3 atom stereocenters. The van der Waals surface area contributed by atoms with Crippen LogP contribution in [0.4, 0.5) is 13.2 Å². The summed E-state index contributed by atoms with van der Waals surface area (Å²) in [5.41, 5.74) is 2.23. The van der Waals surface area contributed by atoms with Gasteiger partial charge in [0.05, 0.1) is 11.9 Å². The van der Waals surface area contributed by atoms with Gasteiger partial charge >= 0.3 is 12.1 Å². The number of hydrogen-bond acceptors (Lipinski definition) is 8. The number of fused-ring (bicyclic) bond motifs is 3. The van der Waals surface area contributed by atoms with Crippen LogP contribution in [-0.4, -0.2) is 108 Å². The molecule has 1 aliphatic carbocycles. The second-order valence-corrected chi connectivity index (χ2v) is 11.4. The number of halogens is 3. The second kappa shape index (κ2) is 10.7. The Labute approximate surface area is 242 Å². The Morgan fingerprint density at radius 2 is 1.77 bits per heavy atom. The van der Waals surface area contributed by atoms with Gasteiger partial charge < -0.3 is 14.9 Å². The molecule has 3 saturated heterocycles. The molecular weight excluding hydrogens is 575 g/mol. The summed E-state index contributed by atoms with van der Waals surface area (Å²) in [6, 6.07) is 6.13. The Morgan fingerprint density at radius 1 is 1.02 bits per heavy atom. The number of piperazine rings is 1. The molecule has 13 nitrogen and oxygen atoms in total. The highest BCUT2D eigenvalue weighted by Gasteiger charge is 2.48. The Balaban J connectivity index is 0.000000423. The number of nitrogens with zero attached hydrogens (tertiary/aromatic N) is 6. The number of piperidine rings is 1. The van der Waals surface area contributed by atoms with E-state index >= 15 is 0 Å². The average molecular weight is 604 g/mol. The number of nitrogens with one attached hydrogen (secondary N) is 1. The number of alkyl halides is 3. The van der Waals surface area contributed by atoms with Crippen molar-refractivity contribution >= 4 is 29.6 Å². The van der Waals surface area contributed by atoms with Gasteiger partial charge in [-0.05, 0) is 43.4 Å². The van der Waals surface area contributed by atoms with Crippen LogP contribution in [0, 0.1) is 0 Å². The molecule has 2 bridgehead atoms. The maximum atomic E-state index is 13.2. The molecule has 5 aliphatic rings. The molecule has 1 aromatic carbocycles. The number of carbonyl (C=O) groups excluding carboxylic acids is 4. The molecule has 1 unspecified atom stereocenters. The quantitative estimate of drug-likeness (QED) is 0.489. The van der Waals surface area contributed by atoms with Crippen LogP contribution in [0.2, 0.25) is 0 Å². The molecular formula is C27H28F3N7O6. The summed E-state index contributed by atoms with van der Waals surface area (Å²) in [5.74, 6) is -3.84. The molecule has 2 N–H and O–H groups in total. The smallest absolute Gasteiger partial charge is 0.475 e. The third kappa shape index (κ3) is 5.34. The Kier molecular flexibility index (Phi) is 7.18. The lowest BCUT2D eigenvalue weighted by Gasteiger charge is -2.42. The van der Waals surface area contributed by atoms with Crippen molar-refractivity contribution in [2.75, 3.05) is 13.1 Å². The first-order chi connectivity index (χ1) is 20.4. The fraction of sp³-hybridized carbons (Fsp3) is 0.519. The summed E-state index contributed by atoms with van der Waals surface area (Å²) in [4.78, 5) is 65.1. The average Bonchev–Trinajstić information content (AvgIpc) is 3.71. The van der Waals surface area contributed by atoms with E-state index in [0.29, 0.717) is 42.0 Å². The molecule has 228 valence electrons. The summed E-state index contributed by atoms with van der Waals surface area (Å²) < 4.78 is 33.3. The van der Waals surface area contributed by atoms with Crippen molar-refractivity contribution in [3.05, 3.63) is 41.2 Å².